The lowest BCUT2D eigenvalue weighted by Gasteiger charge is -2.12. The number of furan rings is 1. The molecule has 1 N–H and O–H groups in total. The van der Waals surface area contributed by atoms with E-state index in [9.17, 15) is 4.79 Å². The van der Waals surface area contributed by atoms with Crippen LogP contribution in [0.15, 0.2) is 71.4 Å². The molecule has 0 radical (unpaired) electrons. The number of methoxy groups -OCH3 is 1. The molecule has 7 heteroatoms. The molecule has 1 amide bonds. The van der Waals surface area contributed by atoms with Gasteiger partial charge in [0.05, 0.1) is 20.0 Å². The zero-order chi connectivity index (χ0) is 24.2. The van der Waals surface area contributed by atoms with Gasteiger partial charge in [0.2, 0.25) is 5.91 Å². The molecule has 0 atom stereocenters. The van der Waals surface area contributed by atoms with Crippen molar-refractivity contribution >= 4 is 51.3 Å². The van der Waals surface area contributed by atoms with Crippen molar-refractivity contribution in [1.82, 2.24) is 0 Å². The van der Waals surface area contributed by atoms with E-state index in [1.54, 1.807) is 31.6 Å². The number of rotatable bonds is 7. The molecule has 0 saturated carbocycles. The normalized spacial score (nSPS) is 11.5. The fourth-order valence-corrected chi connectivity index (χ4v) is 4.32. The molecule has 0 aliphatic carbocycles. The average Bonchev–Trinajstić information content (AvgIpc) is 3.20. The second-order valence-corrected chi connectivity index (χ2v) is 8.47. The lowest BCUT2D eigenvalue weighted by molar-refractivity contribution is -0.111. The molecule has 0 spiro atoms. The van der Waals surface area contributed by atoms with Gasteiger partial charge in [-0.25, -0.2) is 0 Å². The Balaban J connectivity index is 1.75. The van der Waals surface area contributed by atoms with E-state index >= 15 is 0 Å². The highest BCUT2D eigenvalue weighted by molar-refractivity contribution is 6.35. The molecule has 0 aliphatic rings. The van der Waals surface area contributed by atoms with E-state index in [0.717, 1.165) is 33.4 Å². The number of carbonyl (C=O) groups excluding carboxylic acids is 1. The number of fused-ring (bicyclic) bond motifs is 1. The largest absolute Gasteiger partial charge is 0.496 e. The molecule has 0 unspecified atom stereocenters. The summed E-state index contributed by atoms with van der Waals surface area (Å²) in [6.07, 6.45) is 3.22. The summed E-state index contributed by atoms with van der Waals surface area (Å²) in [5.41, 5.74) is 4.51. The zero-order valence-corrected chi connectivity index (χ0v) is 20.5. The maximum atomic E-state index is 12.7. The first-order chi connectivity index (χ1) is 16.4. The molecule has 4 aromatic rings. The van der Waals surface area contributed by atoms with Gasteiger partial charge in [-0.05, 0) is 49.8 Å². The molecular formula is C27H23Cl2NO4. The van der Waals surface area contributed by atoms with Crippen molar-refractivity contribution in [1.29, 1.82) is 0 Å². The van der Waals surface area contributed by atoms with Gasteiger partial charge in [-0.2, -0.15) is 0 Å². The Bertz CT molecular complexity index is 1370. The van der Waals surface area contributed by atoms with E-state index < -0.39 is 0 Å². The Morgan fingerprint density at radius 2 is 1.76 bits per heavy atom. The number of halogens is 2. The van der Waals surface area contributed by atoms with E-state index in [0.29, 0.717) is 33.7 Å². The van der Waals surface area contributed by atoms with Gasteiger partial charge in [0.1, 0.15) is 17.1 Å². The van der Waals surface area contributed by atoms with E-state index in [2.05, 4.69) is 5.32 Å². The van der Waals surface area contributed by atoms with Gasteiger partial charge in [0.15, 0.2) is 0 Å². The molecule has 174 valence electrons. The SMILES string of the molecule is CCOc1cc2occ(-c3ccccc3OC)c2cc1/C(C)=C/C(=O)Nc1cc(Cl)cc(Cl)c1. The Hall–Kier alpha value is -3.41. The average molecular weight is 496 g/mol. The number of amides is 1. The Morgan fingerprint density at radius 3 is 2.47 bits per heavy atom. The van der Waals surface area contributed by atoms with Crippen molar-refractivity contribution in [2.45, 2.75) is 13.8 Å². The first-order valence-electron chi connectivity index (χ1n) is 10.7. The first kappa shape index (κ1) is 23.7. The summed E-state index contributed by atoms with van der Waals surface area (Å²) in [6.45, 7) is 4.24. The smallest absolute Gasteiger partial charge is 0.248 e. The van der Waals surface area contributed by atoms with Crippen LogP contribution in [0.2, 0.25) is 10.0 Å². The highest BCUT2D eigenvalue weighted by atomic mass is 35.5. The van der Waals surface area contributed by atoms with Crippen LogP contribution in [0.5, 0.6) is 11.5 Å². The van der Waals surface area contributed by atoms with Crippen LogP contribution in [0.25, 0.3) is 27.7 Å². The van der Waals surface area contributed by atoms with Crippen molar-refractivity contribution in [3.8, 4) is 22.6 Å². The summed E-state index contributed by atoms with van der Waals surface area (Å²) >= 11 is 12.1. The van der Waals surface area contributed by atoms with Crippen LogP contribution >= 0.6 is 23.2 Å². The van der Waals surface area contributed by atoms with Crippen LogP contribution < -0.4 is 14.8 Å². The number of anilines is 1. The predicted molar refractivity (Wildman–Crippen MR) is 138 cm³/mol. The van der Waals surface area contributed by atoms with Gasteiger partial charge >= 0.3 is 0 Å². The minimum Gasteiger partial charge on any atom is -0.496 e. The maximum absolute atomic E-state index is 12.7. The summed E-state index contributed by atoms with van der Waals surface area (Å²) < 4.78 is 17.2. The number of hydrogen-bond donors (Lipinski definition) is 1. The van der Waals surface area contributed by atoms with Gasteiger partial charge in [0, 0.05) is 50.0 Å². The molecule has 0 fully saturated rings. The summed E-state index contributed by atoms with van der Waals surface area (Å²) in [5.74, 6) is 1.06. The molecular weight excluding hydrogens is 473 g/mol. The standard InChI is InChI=1S/C27H23Cl2NO4/c1-4-33-25-14-26-22(23(15-34-26)20-7-5-6-8-24(20)32-3)13-21(25)16(2)9-27(31)30-19-11-17(28)10-18(29)12-19/h5-15H,4H2,1-3H3,(H,30,31)/b16-9+. The first-order valence-corrected chi connectivity index (χ1v) is 11.4. The van der Waals surface area contributed by atoms with Gasteiger partial charge in [-0.3, -0.25) is 4.79 Å². The Morgan fingerprint density at radius 1 is 1.03 bits per heavy atom. The van der Waals surface area contributed by atoms with E-state index in [1.165, 1.54) is 6.08 Å². The van der Waals surface area contributed by atoms with E-state index in [1.807, 2.05) is 50.2 Å². The molecule has 5 nitrogen and oxygen atoms in total. The number of para-hydroxylation sites is 1. The van der Waals surface area contributed by atoms with E-state index in [4.69, 9.17) is 37.1 Å². The maximum Gasteiger partial charge on any atom is 0.248 e. The third-order valence-electron chi connectivity index (χ3n) is 5.28. The third-order valence-corrected chi connectivity index (χ3v) is 5.71. The topological polar surface area (TPSA) is 60.7 Å². The summed E-state index contributed by atoms with van der Waals surface area (Å²) in [4.78, 5) is 12.7. The number of nitrogens with one attached hydrogen (secondary N) is 1. The molecule has 0 saturated heterocycles. The number of ether oxygens (including phenoxy) is 2. The Labute approximate surface area is 207 Å². The van der Waals surface area contributed by atoms with Crippen molar-refractivity contribution in [3.63, 3.8) is 0 Å². The monoisotopic (exact) mass is 495 g/mol. The lowest BCUT2D eigenvalue weighted by Crippen LogP contribution is -2.08. The van der Waals surface area contributed by atoms with Crippen LogP contribution in [-0.4, -0.2) is 19.6 Å². The van der Waals surface area contributed by atoms with Crippen LogP contribution in [0.3, 0.4) is 0 Å². The fraction of sp³-hybridized carbons (Fsp3) is 0.148. The highest BCUT2D eigenvalue weighted by Gasteiger charge is 2.17. The van der Waals surface area contributed by atoms with Gasteiger partial charge < -0.3 is 19.2 Å². The third kappa shape index (κ3) is 5.06. The summed E-state index contributed by atoms with van der Waals surface area (Å²) in [7, 11) is 1.64. The molecule has 34 heavy (non-hydrogen) atoms. The number of allylic oxidation sites excluding steroid dienone is 1. The van der Waals surface area contributed by atoms with Crippen LogP contribution in [0.1, 0.15) is 19.4 Å². The van der Waals surface area contributed by atoms with Crippen molar-refractivity contribution < 1.29 is 18.7 Å². The predicted octanol–water partition coefficient (Wildman–Crippen LogP) is 7.86. The summed E-state index contributed by atoms with van der Waals surface area (Å²) in [6, 6.07) is 16.4. The fourth-order valence-electron chi connectivity index (χ4n) is 3.79. The highest BCUT2D eigenvalue weighted by Crippen LogP contribution is 2.40. The summed E-state index contributed by atoms with van der Waals surface area (Å²) in [5, 5.41) is 4.57. The van der Waals surface area contributed by atoms with Crippen molar-refractivity contribution in [3.05, 3.63) is 82.5 Å². The van der Waals surface area contributed by atoms with Crippen molar-refractivity contribution in [2.75, 3.05) is 19.0 Å². The van der Waals surface area contributed by atoms with Gasteiger partial charge in [-0.15, -0.1) is 0 Å². The molecule has 0 bridgehead atoms. The van der Waals surface area contributed by atoms with Crippen molar-refractivity contribution in [2.24, 2.45) is 0 Å². The van der Waals surface area contributed by atoms with E-state index in [-0.39, 0.29) is 5.91 Å². The number of hydrogen-bond acceptors (Lipinski definition) is 4. The minimum absolute atomic E-state index is 0.310. The quantitative estimate of drug-likeness (QED) is 0.265. The number of benzene rings is 3. The molecule has 3 aromatic carbocycles. The molecule has 1 aromatic heterocycles. The minimum atomic E-state index is -0.310. The van der Waals surface area contributed by atoms with Gasteiger partial charge in [-0.1, -0.05) is 41.4 Å². The second kappa shape index (κ2) is 10.2. The zero-order valence-electron chi connectivity index (χ0n) is 18.9. The van der Waals surface area contributed by atoms with Crippen LogP contribution in [0.4, 0.5) is 5.69 Å². The molecule has 4 rings (SSSR count). The molecule has 1 heterocycles. The molecule has 0 aliphatic heterocycles. The Kier molecular flexibility index (Phi) is 7.15. The second-order valence-electron chi connectivity index (χ2n) is 7.60. The van der Waals surface area contributed by atoms with Crippen LogP contribution in [-0.2, 0) is 4.79 Å². The lowest BCUT2D eigenvalue weighted by atomic mass is 9.98. The van der Waals surface area contributed by atoms with Gasteiger partial charge in [0.25, 0.3) is 0 Å². The number of carbonyl (C=O) groups is 1. The van der Waals surface area contributed by atoms with Crippen LogP contribution in [0, 0.1) is 0 Å².